The number of ketones is 1. The molecule has 0 aromatic heterocycles. The van der Waals surface area contributed by atoms with Crippen LogP contribution in [0.5, 0.6) is 5.75 Å². The third-order valence-corrected chi connectivity index (χ3v) is 5.51. The van der Waals surface area contributed by atoms with Crippen LogP contribution < -0.4 is 4.74 Å². The molecule has 3 aliphatic rings. The molecule has 1 saturated carbocycles. The van der Waals surface area contributed by atoms with Crippen molar-refractivity contribution in [2.24, 2.45) is 17.8 Å². The lowest BCUT2D eigenvalue weighted by atomic mass is 9.66. The number of hydrogen-bond donors (Lipinski definition) is 0. The number of aryl methyl sites for hydroxylation is 1. The molecule has 20 heavy (non-hydrogen) atoms. The maximum Gasteiger partial charge on any atom is 0.136 e. The minimum Gasteiger partial charge on any atom is -0.497 e. The second-order valence-corrected chi connectivity index (χ2v) is 6.34. The highest BCUT2D eigenvalue weighted by Gasteiger charge is 2.43. The van der Waals surface area contributed by atoms with Crippen LogP contribution in [0.4, 0.5) is 0 Å². The van der Waals surface area contributed by atoms with E-state index in [1.54, 1.807) is 7.11 Å². The SMILES string of the molecule is COc1ccc2c(c1)CC[C@H]1C2=CC[C@H]2C(=O)CC[C@H]21. The third-order valence-electron chi connectivity index (χ3n) is 5.51. The first-order valence-electron chi connectivity index (χ1n) is 7.68. The Morgan fingerprint density at radius 2 is 2.05 bits per heavy atom. The highest BCUT2D eigenvalue weighted by atomic mass is 16.5. The third kappa shape index (κ3) is 1.67. The van der Waals surface area contributed by atoms with Crippen molar-refractivity contribution in [1.29, 1.82) is 0 Å². The molecule has 3 aliphatic carbocycles. The Kier molecular flexibility index (Phi) is 2.73. The molecule has 0 spiro atoms. The van der Waals surface area contributed by atoms with Gasteiger partial charge in [0.1, 0.15) is 11.5 Å². The van der Waals surface area contributed by atoms with E-state index in [9.17, 15) is 4.79 Å². The second kappa shape index (κ2) is 4.47. The fourth-order valence-corrected chi connectivity index (χ4v) is 4.53. The molecule has 0 aliphatic heterocycles. The van der Waals surface area contributed by atoms with Crippen molar-refractivity contribution in [3.63, 3.8) is 0 Å². The fourth-order valence-electron chi connectivity index (χ4n) is 4.53. The van der Waals surface area contributed by atoms with Gasteiger partial charge in [-0.3, -0.25) is 4.79 Å². The second-order valence-electron chi connectivity index (χ2n) is 6.34. The average Bonchev–Trinajstić information content (AvgIpc) is 2.88. The first-order chi connectivity index (χ1) is 9.78. The zero-order valence-corrected chi connectivity index (χ0v) is 11.9. The van der Waals surface area contributed by atoms with Crippen molar-refractivity contribution in [3.8, 4) is 5.75 Å². The number of rotatable bonds is 1. The van der Waals surface area contributed by atoms with Gasteiger partial charge in [-0.25, -0.2) is 0 Å². The van der Waals surface area contributed by atoms with Gasteiger partial charge < -0.3 is 4.74 Å². The molecule has 0 radical (unpaired) electrons. The summed E-state index contributed by atoms with van der Waals surface area (Å²) in [7, 11) is 1.72. The zero-order valence-electron chi connectivity index (χ0n) is 11.9. The number of Topliss-reactive ketones (excluding diaryl/α,β-unsaturated/α-hetero) is 1. The van der Waals surface area contributed by atoms with E-state index in [1.165, 1.54) is 23.1 Å². The molecule has 0 unspecified atom stereocenters. The van der Waals surface area contributed by atoms with Gasteiger partial charge in [0.05, 0.1) is 7.11 Å². The lowest BCUT2D eigenvalue weighted by molar-refractivity contribution is -0.121. The Balaban J connectivity index is 1.75. The summed E-state index contributed by atoms with van der Waals surface area (Å²) in [5, 5.41) is 0. The van der Waals surface area contributed by atoms with E-state index in [2.05, 4.69) is 24.3 Å². The summed E-state index contributed by atoms with van der Waals surface area (Å²) in [4.78, 5) is 12.0. The van der Waals surface area contributed by atoms with Crippen LogP contribution >= 0.6 is 0 Å². The van der Waals surface area contributed by atoms with Crippen LogP contribution in [0.15, 0.2) is 24.3 Å². The van der Waals surface area contributed by atoms with Crippen molar-refractivity contribution in [3.05, 3.63) is 35.4 Å². The van der Waals surface area contributed by atoms with Crippen LogP contribution in [0.1, 0.15) is 36.8 Å². The first-order valence-corrected chi connectivity index (χ1v) is 7.68. The lowest BCUT2D eigenvalue weighted by Crippen LogP contribution is -2.29. The van der Waals surface area contributed by atoms with Gasteiger partial charge in [-0.15, -0.1) is 0 Å². The number of methoxy groups -OCH3 is 1. The van der Waals surface area contributed by atoms with Crippen LogP contribution in [0.2, 0.25) is 0 Å². The van der Waals surface area contributed by atoms with E-state index < -0.39 is 0 Å². The number of fused-ring (bicyclic) bond motifs is 5. The average molecular weight is 268 g/mol. The number of carbonyl (C=O) groups excluding carboxylic acids is 1. The zero-order chi connectivity index (χ0) is 13.7. The minimum atomic E-state index is 0.323. The van der Waals surface area contributed by atoms with E-state index >= 15 is 0 Å². The number of hydrogen-bond acceptors (Lipinski definition) is 2. The van der Waals surface area contributed by atoms with Crippen LogP contribution in [-0.2, 0) is 11.2 Å². The molecular formula is C18H20O2. The highest BCUT2D eigenvalue weighted by Crippen LogP contribution is 2.51. The molecule has 2 nitrogen and oxygen atoms in total. The van der Waals surface area contributed by atoms with E-state index in [0.29, 0.717) is 23.5 Å². The topological polar surface area (TPSA) is 26.3 Å². The number of benzene rings is 1. The van der Waals surface area contributed by atoms with Gasteiger partial charge in [-0.05, 0) is 66.4 Å². The number of ether oxygens (including phenoxy) is 1. The molecule has 4 rings (SSSR count). The predicted octanol–water partition coefficient (Wildman–Crippen LogP) is 3.64. The smallest absolute Gasteiger partial charge is 0.136 e. The largest absolute Gasteiger partial charge is 0.497 e. The van der Waals surface area contributed by atoms with Gasteiger partial charge in [0.25, 0.3) is 0 Å². The Hall–Kier alpha value is -1.57. The van der Waals surface area contributed by atoms with E-state index in [0.717, 1.165) is 31.4 Å². The van der Waals surface area contributed by atoms with E-state index in [-0.39, 0.29) is 0 Å². The summed E-state index contributed by atoms with van der Waals surface area (Å²) in [6.07, 6.45) is 7.53. The Bertz CT molecular complexity index is 599. The molecule has 0 saturated heterocycles. The van der Waals surface area contributed by atoms with Gasteiger partial charge in [0.2, 0.25) is 0 Å². The van der Waals surface area contributed by atoms with Crippen molar-refractivity contribution < 1.29 is 9.53 Å². The van der Waals surface area contributed by atoms with Gasteiger partial charge >= 0.3 is 0 Å². The van der Waals surface area contributed by atoms with Gasteiger partial charge in [-0.2, -0.15) is 0 Å². The van der Waals surface area contributed by atoms with Crippen molar-refractivity contribution in [2.75, 3.05) is 7.11 Å². The summed E-state index contributed by atoms with van der Waals surface area (Å²) in [6.45, 7) is 0. The molecule has 104 valence electrons. The maximum atomic E-state index is 12.0. The molecule has 3 atom stereocenters. The van der Waals surface area contributed by atoms with Crippen molar-refractivity contribution in [2.45, 2.75) is 32.1 Å². The Morgan fingerprint density at radius 3 is 2.90 bits per heavy atom. The normalized spacial score (nSPS) is 31.1. The quantitative estimate of drug-likeness (QED) is 0.777. The van der Waals surface area contributed by atoms with Crippen LogP contribution in [0.3, 0.4) is 0 Å². The molecule has 1 aromatic carbocycles. The molecule has 0 bridgehead atoms. The molecule has 1 fully saturated rings. The molecule has 0 amide bonds. The molecule has 2 heteroatoms. The molecule has 0 N–H and O–H groups in total. The van der Waals surface area contributed by atoms with Crippen molar-refractivity contribution >= 4 is 11.4 Å². The van der Waals surface area contributed by atoms with Crippen molar-refractivity contribution in [1.82, 2.24) is 0 Å². The summed E-state index contributed by atoms with van der Waals surface area (Å²) < 4.78 is 5.34. The summed E-state index contributed by atoms with van der Waals surface area (Å²) >= 11 is 0. The van der Waals surface area contributed by atoms with E-state index in [1.807, 2.05) is 0 Å². The Labute approximate surface area is 119 Å². The fraction of sp³-hybridized carbons (Fsp3) is 0.500. The lowest BCUT2D eigenvalue weighted by Gasteiger charge is -2.38. The summed E-state index contributed by atoms with van der Waals surface area (Å²) in [5.41, 5.74) is 4.32. The van der Waals surface area contributed by atoms with Crippen LogP contribution in [-0.4, -0.2) is 12.9 Å². The monoisotopic (exact) mass is 268 g/mol. The maximum absolute atomic E-state index is 12.0. The molecular weight excluding hydrogens is 248 g/mol. The Morgan fingerprint density at radius 1 is 1.15 bits per heavy atom. The highest BCUT2D eigenvalue weighted by molar-refractivity contribution is 5.86. The van der Waals surface area contributed by atoms with Gasteiger partial charge in [0.15, 0.2) is 0 Å². The summed E-state index contributed by atoms with van der Waals surface area (Å²) in [6, 6.07) is 6.45. The summed E-state index contributed by atoms with van der Waals surface area (Å²) in [5.74, 6) is 3.00. The van der Waals surface area contributed by atoms with E-state index in [4.69, 9.17) is 4.74 Å². The van der Waals surface area contributed by atoms with Gasteiger partial charge in [-0.1, -0.05) is 12.1 Å². The molecule has 1 aromatic rings. The van der Waals surface area contributed by atoms with Crippen LogP contribution in [0.25, 0.3) is 5.57 Å². The van der Waals surface area contributed by atoms with Gasteiger partial charge in [0, 0.05) is 12.3 Å². The predicted molar refractivity (Wildman–Crippen MR) is 78.6 cm³/mol. The molecule has 0 heterocycles. The number of carbonyl (C=O) groups is 1. The standard InChI is InChI=1S/C18H20O2/c1-20-12-3-5-13-11(10-12)2-4-15-14(13)6-7-17-16(15)8-9-18(17)19/h3,5-6,10,15-17H,2,4,7-9H2,1H3/t15-,16-,17+/m0/s1. The number of allylic oxidation sites excluding steroid dienone is 2. The minimum absolute atomic E-state index is 0.323. The van der Waals surface area contributed by atoms with Crippen LogP contribution in [0, 0.1) is 17.8 Å². The first kappa shape index (κ1) is 12.2.